The Morgan fingerprint density at radius 1 is 1.33 bits per heavy atom. The predicted molar refractivity (Wildman–Crippen MR) is 91.5 cm³/mol. The molecule has 1 unspecified atom stereocenters. The molecule has 0 bridgehead atoms. The standard InChI is InChI=1S/C18H26N2O4/c1-2-4-15(5-3-11-21)17(22)19-16-8-6-14(7-9-16)13-20-10-12-24-18(20)23/h6-9,15,21H,2-5,10-13H2,1H3,(H,19,22). The summed E-state index contributed by atoms with van der Waals surface area (Å²) in [6.45, 7) is 3.74. The third-order valence-electron chi connectivity index (χ3n) is 4.16. The lowest BCUT2D eigenvalue weighted by Gasteiger charge is -2.16. The molecule has 1 aliphatic heterocycles. The van der Waals surface area contributed by atoms with Crippen molar-refractivity contribution in [3.8, 4) is 0 Å². The number of hydrogen-bond donors (Lipinski definition) is 2. The van der Waals surface area contributed by atoms with Crippen molar-refractivity contribution in [2.45, 2.75) is 39.2 Å². The molecular weight excluding hydrogens is 308 g/mol. The van der Waals surface area contributed by atoms with Crippen LogP contribution in [0.4, 0.5) is 10.5 Å². The maximum absolute atomic E-state index is 12.4. The van der Waals surface area contributed by atoms with E-state index in [4.69, 9.17) is 9.84 Å². The van der Waals surface area contributed by atoms with Gasteiger partial charge in [0.2, 0.25) is 5.91 Å². The molecule has 1 aromatic carbocycles. The second-order valence-electron chi connectivity index (χ2n) is 6.07. The number of cyclic esters (lactones) is 1. The molecule has 0 saturated carbocycles. The number of carbonyl (C=O) groups is 2. The summed E-state index contributed by atoms with van der Waals surface area (Å²) in [5.41, 5.74) is 1.75. The first kappa shape index (κ1) is 18.3. The topological polar surface area (TPSA) is 78.9 Å². The van der Waals surface area contributed by atoms with Gasteiger partial charge in [0, 0.05) is 24.8 Å². The number of carbonyl (C=O) groups excluding carboxylic acids is 2. The summed E-state index contributed by atoms with van der Waals surface area (Å²) in [7, 11) is 0. The summed E-state index contributed by atoms with van der Waals surface area (Å²) < 4.78 is 4.91. The number of rotatable bonds is 9. The normalized spacial score (nSPS) is 15.2. The Morgan fingerprint density at radius 2 is 2.08 bits per heavy atom. The minimum atomic E-state index is -0.279. The van der Waals surface area contributed by atoms with Crippen LogP contribution in [0.5, 0.6) is 0 Å². The lowest BCUT2D eigenvalue weighted by molar-refractivity contribution is -0.120. The zero-order valence-corrected chi connectivity index (χ0v) is 14.2. The number of amides is 2. The fraction of sp³-hybridized carbons (Fsp3) is 0.556. The van der Waals surface area contributed by atoms with Gasteiger partial charge in [0.25, 0.3) is 0 Å². The minimum absolute atomic E-state index is 0.00108. The van der Waals surface area contributed by atoms with Crippen LogP contribution in [-0.2, 0) is 16.1 Å². The van der Waals surface area contributed by atoms with E-state index in [1.807, 2.05) is 24.3 Å². The highest BCUT2D eigenvalue weighted by Gasteiger charge is 2.22. The first-order valence-electron chi connectivity index (χ1n) is 8.56. The Kier molecular flexibility index (Phi) is 7.06. The molecule has 0 aromatic heterocycles. The number of nitrogens with one attached hydrogen (secondary N) is 1. The Hall–Kier alpha value is -2.08. The summed E-state index contributed by atoms with van der Waals surface area (Å²) in [6, 6.07) is 7.51. The molecular formula is C18H26N2O4. The Labute approximate surface area is 142 Å². The zero-order valence-electron chi connectivity index (χ0n) is 14.2. The number of ether oxygens (including phenoxy) is 1. The van der Waals surface area contributed by atoms with E-state index in [2.05, 4.69) is 12.2 Å². The first-order valence-corrected chi connectivity index (χ1v) is 8.56. The molecule has 24 heavy (non-hydrogen) atoms. The number of anilines is 1. The van der Waals surface area contributed by atoms with E-state index >= 15 is 0 Å². The van der Waals surface area contributed by atoms with Crippen LogP contribution < -0.4 is 5.32 Å². The summed E-state index contributed by atoms with van der Waals surface area (Å²) in [5.74, 6) is -0.0673. The first-order chi connectivity index (χ1) is 11.6. The largest absolute Gasteiger partial charge is 0.448 e. The van der Waals surface area contributed by atoms with Gasteiger partial charge in [-0.25, -0.2) is 4.79 Å². The Balaban J connectivity index is 1.89. The molecule has 6 nitrogen and oxygen atoms in total. The van der Waals surface area contributed by atoms with Crippen LogP contribution in [0.1, 0.15) is 38.2 Å². The zero-order chi connectivity index (χ0) is 17.4. The van der Waals surface area contributed by atoms with Gasteiger partial charge < -0.3 is 20.1 Å². The van der Waals surface area contributed by atoms with Crippen LogP contribution in [0.2, 0.25) is 0 Å². The monoisotopic (exact) mass is 334 g/mol. The minimum Gasteiger partial charge on any atom is -0.448 e. The molecule has 1 aromatic rings. The fourth-order valence-corrected chi connectivity index (χ4v) is 2.82. The quantitative estimate of drug-likeness (QED) is 0.728. The van der Waals surface area contributed by atoms with Crippen LogP contribution in [0.15, 0.2) is 24.3 Å². The highest BCUT2D eigenvalue weighted by atomic mass is 16.6. The van der Waals surface area contributed by atoms with Crippen molar-refractivity contribution < 1.29 is 19.4 Å². The van der Waals surface area contributed by atoms with E-state index in [0.29, 0.717) is 32.5 Å². The van der Waals surface area contributed by atoms with Crippen LogP contribution in [0, 0.1) is 5.92 Å². The molecule has 132 valence electrons. The maximum atomic E-state index is 12.4. The molecule has 1 aliphatic rings. The second-order valence-corrected chi connectivity index (χ2v) is 6.07. The molecule has 2 rings (SSSR count). The van der Waals surface area contributed by atoms with Crippen molar-refractivity contribution in [2.75, 3.05) is 25.1 Å². The molecule has 0 spiro atoms. The van der Waals surface area contributed by atoms with Crippen molar-refractivity contribution >= 4 is 17.7 Å². The summed E-state index contributed by atoms with van der Waals surface area (Å²) in [4.78, 5) is 25.4. The fourth-order valence-electron chi connectivity index (χ4n) is 2.82. The van der Waals surface area contributed by atoms with Crippen molar-refractivity contribution in [3.63, 3.8) is 0 Å². The molecule has 0 radical (unpaired) electrons. The van der Waals surface area contributed by atoms with E-state index in [9.17, 15) is 9.59 Å². The molecule has 0 aliphatic carbocycles. The smallest absolute Gasteiger partial charge is 0.410 e. The van der Waals surface area contributed by atoms with Gasteiger partial charge in [-0.15, -0.1) is 0 Å². The molecule has 2 N–H and O–H groups in total. The third kappa shape index (κ3) is 5.23. The Morgan fingerprint density at radius 3 is 2.67 bits per heavy atom. The lowest BCUT2D eigenvalue weighted by Crippen LogP contribution is -2.24. The second kappa shape index (κ2) is 9.27. The van der Waals surface area contributed by atoms with E-state index in [-0.39, 0.29) is 24.5 Å². The number of hydrogen-bond acceptors (Lipinski definition) is 4. The van der Waals surface area contributed by atoms with E-state index in [0.717, 1.165) is 24.1 Å². The Bertz CT molecular complexity index is 544. The molecule has 1 atom stereocenters. The molecule has 1 fully saturated rings. The van der Waals surface area contributed by atoms with Gasteiger partial charge in [0.15, 0.2) is 0 Å². The van der Waals surface area contributed by atoms with Crippen molar-refractivity contribution in [2.24, 2.45) is 5.92 Å². The van der Waals surface area contributed by atoms with Crippen molar-refractivity contribution in [1.29, 1.82) is 0 Å². The molecule has 2 amide bonds. The highest BCUT2D eigenvalue weighted by molar-refractivity contribution is 5.92. The highest BCUT2D eigenvalue weighted by Crippen LogP contribution is 2.18. The third-order valence-corrected chi connectivity index (χ3v) is 4.16. The van der Waals surface area contributed by atoms with Crippen LogP contribution in [0.3, 0.4) is 0 Å². The predicted octanol–water partition coefficient (Wildman–Crippen LogP) is 2.77. The summed E-state index contributed by atoms with van der Waals surface area (Å²) in [6.07, 6.45) is 2.82. The SMILES string of the molecule is CCCC(CCCO)C(=O)Nc1ccc(CN2CCOC2=O)cc1. The van der Waals surface area contributed by atoms with E-state index < -0.39 is 0 Å². The maximum Gasteiger partial charge on any atom is 0.410 e. The average Bonchev–Trinajstić information content (AvgIpc) is 2.98. The average molecular weight is 334 g/mol. The van der Waals surface area contributed by atoms with Gasteiger partial charge in [-0.3, -0.25) is 4.79 Å². The molecule has 6 heteroatoms. The van der Waals surface area contributed by atoms with E-state index in [1.54, 1.807) is 4.90 Å². The van der Waals surface area contributed by atoms with Gasteiger partial charge in [-0.2, -0.15) is 0 Å². The van der Waals surface area contributed by atoms with Gasteiger partial charge >= 0.3 is 6.09 Å². The molecule has 1 heterocycles. The van der Waals surface area contributed by atoms with Gasteiger partial charge in [-0.1, -0.05) is 25.5 Å². The number of benzene rings is 1. The van der Waals surface area contributed by atoms with Gasteiger partial charge in [0.1, 0.15) is 6.61 Å². The van der Waals surface area contributed by atoms with Crippen LogP contribution >= 0.6 is 0 Å². The van der Waals surface area contributed by atoms with Crippen LogP contribution in [-0.4, -0.2) is 41.8 Å². The number of aliphatic hydroxyl groups is 1. The summed E-state index contributed by atoms with van der Waals surface area (Å²) in [5, 5.41) is 11.9. The summed E-state index contributed by atoms with van der Waals surface area (Å²) >= 11 is 0. The van der Waals surface area contributed by atoms with Crippen molar-refractivity contribution in [3.05, 3.63) is 29.8 Å². The van der Waals surface area contributed by atoms with Gasteiger partial charge in [0.05, 0.1) is 6.54 Å². The van der Waals surface area contributed by atoms with Crippen LogP contribution in [0.25, 0.3) is 0 Å². The van der Waals surface area contributed by atoms with Crippen molar-refractivity contribution in [1.82, 2.24) is 4.90 Å². The van der Waals surface area contributed by atoms with E-state index in [1.165, 1.54) is 0 Å². The number of nitrogens with zero attached hydrogens (tertiary/aromatic N) is 1. The number of aliphatic hydroxyl groups excluding tert-OH is 1. The van der Waals surface area contributed by atoms with Gasteiger partial charge in [-0.05, 0) is 37.0 Å². The lowest BCUT2D eigenvalue weighted by atomic mass is 9.97. The molecule has 1 saturated heterocycles.